The quantitative estimate of drug-likeness (QED) is 0.527. The minimum absolute atomic E-state index is 0.127. The van der Waals surface area contributed by atoms with Gasteiger partial charge in [0.05, 0.1) is 0 Å². The Morgan fingerprint density at radius 2 is 2.67 bits per heavy atom. The maximum Gasteiger partial charge on any atom is 0.319 e. The van der Waals surface area contributed by atoms with Crippen molar-refractivity contribution in [3.63, 3.8) is 0 Å². The van der Waals surface area contributed by atoms with Gasteiger partial charge in [-0.1, -0.05) is 0 Å². The highest BCUT2D eigenvalue weighted by atomic mass is 16.5. The Bertz CT molecular complexity index is 194. The molecule has 1 aromatic rings. The van der Waals surface area contributed by atoms with E-state index in [9.17, 15) is 4.79 Å². The first-order valence-electron chi connectivity index (χ1n) is 2.33. The Balaban J connectivity index is 2.58. The lowest BCUT2D eigenvalue weighted by molar-refractivity contribution is -0.132. The van der Waals surface area contributed by atoms with Crippen molar-refractivity contribution in [1.29, 1.82) is 0 Å². The van der Waals surface area contributed by atoms with E-state index in [0.29, 0.717) is 0 Å². The van der Waals surface area contributed by atoms with Crippen molar-refractivity contribution in [3.05, 3.63) is 6.33 Å². The average Bonchev–Trinajstić information content (AvgIpc) is 2.15. The van der Waals surface area contributed by atoms with E-state index in [1.807, 2.05) is 0 Å². The first-order chi connectivity index (χ1) is 4.29. The van der Waals surface area contributed by atoms with Gasteiger partial charge in [-0.15, -0.1) is 0 Å². The second kappa shape index (κ2) is 2.25. The monoisotopic (exact) mass is 127 g/mol. The molecule has 48 valence electrons. The number of esters is 1. The fourth-order valence-corrected chi connectivity index (χ4v) is 0.380. The van der Waals surface area contributed by atoms with Crippen LogP contribution in [0.25, 0.3) is 0 Å². The van der Waals surface area contributed by atoms with E-state index < -0.39 is 5.97 Å². The van der Waals surface area contributed by atoms with Gasteiger partial charge in [0.15, 0.2) is 0 Å². The van der Waals surface area contributed by atoms with Crippen LogP contribution in [-0.4, -0.2) is 21.2 Å². The molecule has 0 fully saturated rings. The molecule has 0 aromatic carbocycles. The number of rotatable bonds is 1. The van der Waals surface area contributed by atoms with Crippen molar-refractivity contribution in [2.75, 3.05) is 0 Å². The number of nitrogens with zero attached hydrogens (tertiary/aromatic N) is 2. The van der Waals surface area contributed by atoms with Crippen LogP contribution in [0.2, 0.25) is 0 Å². The molecule has 0 amide bonds. The van der Waals surface area contributed by atoms with Gasteiger partial charge in [-0.3, -0.25) is 4.79 Å². The van der Waals surface area contributed by atoms with Gasteiger partial charge in [0.25, 0.3) is 0 Å². The SMILES string of the molecule is CC(=O)Oc1ncn[nH]1. The number of nitrogens with one attached hydrogen (secondary N) is 1. The normalized spacial score (nSPS) is 9.00. The predicted octanol–water partition coefficient (Wildman–Crippen LogP) is -0.270. The number of hydrogen-bond acceptors (Lipinski definition) is 4. The standard InChI is InChI=1S/C4H5N3O2/c1-3(8)9-4-5-2-6-7-4/h2H,1H3,(H,5,6,7). The molecule has 0 aliphatic heterocycles. The summed E-state index contributed by atoms with van der Waals surface area (Å²) in [7, 11) is 0. The minimum atomic E-state index is -0.410. The van der Waals surface area contributed by atoms with Gasteiger partial charge in [0.2, 0.25) is 0 Å². The highest BCUT2D eigenvalue weighted by Crippen LogP contribution is 1.94. The topological polar surface area (TPSA) is 67.9 Å². The van der Waals surface area contributed by atoms with Crippen LogP contribution in [0.5, 0.6) is 6.01 Å². The molecular formula is C4H5N3O2. The molecule has 0 spiro atoms. The number of carbonyl (C=O) groups is 1. The molecule has 0 saturated heterocycles. The van der Waals surface area contributed by atoms with Crippen LogP contribution >= 0.6 is 0 Å². The third kappa shape index (κ3) is 1.52. The third-order valence-electron chi connectivity index (χ3n) is 0.633. The molecule has 1 aromatic heterocycles. The molecule has 0 unspecified atom stereocenters. The summed E-state index contributed by atoms with van der Waals surface area (Å²) in [6, 6.07) is 0.127. The minimum Gasteiger partial charge on any atom is -0.391 e. The zero-order valence-corrected chi connectivity index (χ0v) is 4.79. The van der Waals surface area contributed by atoms with Crippen LogP contribution in [0.3, 0.4) is 0 Å². The summed E-state index contributed by atoms with van der Waals surface area (Å²) in [5.74, 6) is -0.410. The first-order valence-corrected chi connectivity index (χ1v) is 2.33. The molecular weight excluding hydrogens is 122 g/mol. The van der Waals surface area contributed by atoms with Crippen molar-refractivity contribution in [3.8, 4) is 6.01 Å². The van der Waals surface area contributed by atoms with Crippen molar-refractivity contribution in [2.45, 2.75) is 6.92 Å². The highest BCUT2D eigenvalue weighted by molar-refractivity contribution is 5.68. The van der Waals surface area contributed by atoms with E-state index in [0.717, 1.165) is 0 Å². The maximum atomic E-state index is 10.2. The number of ether oxygens (including phenoxy) is 1. The van der Waals surface area contributed by atoms with Gasteiger partial charge in [0, 0.05) is 6.92 Å². The fourth-order valence-electron chi connectivity index (χ4n) is 0.380. The van der Waals surface area contributed by atoms with Crippen molar-refractivity contribution < 1.29 is 9.53 Å². The lowest BCUT2D eigenvalue weighted by Crippen LogP contribution is -2.02. The van der Waals surface area contributed by atoms with Gasteiger partial charge in [-0.25, -0.2) is 5.10 Å². The van der Waals surface area contributed by atoms with Crippen LogP contribution in [-0.2, 0) is 4.79 Å². The maximum absolute atomic E-state index is 10.2. The largest absolute Gasteiger partial charge is 0.391 e. The summed E-state index contributed by atoms with van der Waals surface area (Å²) >= 11 is 0. The molecule has 1 N–H and O–H groups in total. The molecule has 0 saturated carbocycles. The Morgan fingerprint density at radius 1 is 1.89 bits per heavy atom. The highest BCUT2D eigenvalue weighted by Gasteiger charge is 1.97. The van der Waals surface area contributed by atoms with E-state index in [4.69, 9.17) is 0 Å². The second-order valence-corrected chi connectivity index (χ2v) is 1.38. The smallest absolute Gasteiger partial charge is 0.319 e. The number of aromatic nitrogens is 3. The molecule has 1 rings (SSSR count). The zero-order valence-electron chi connectivity index (χ0n) is 4.79. The molecule has 5 heteroatoms. The summed E-state index contributed by atoms with van der Waals surface area (Å²) in [6.07, 6.45) is 1.26. The third-order valence-corrected chi connectivity index (χ3v) is 0.633. The Kier molecular flexibility index (Phi) is 1.44. The summed E-state index contributed by atoms with van der Waals surface area (Å²) < 4.78 is 4.49. The van der Waals surface area contributed by atoms with E-state index in [1.165, 1.54) is 13.3 Å². The van der Waals surface area contributed by atoms with Crippen LogP contribution in [0.15, 0.2) is 6.33 Å². The molecule has 0 radical (unpaired) electrons. The summed E-state index contributed by atoms with van der Waals surface area (Å²) in [4.78, 5) is 13.7. The van der Waals surface area contributed by atoms with Gasteiger partial charge in [-0.05, 0) is 0 Å². The van der Waals surface area contributed by atoms with Crippen molar-refractivity contribution in [2.24, 2.45) is 0 Å². The van der Waals surface area contributed by atoms with Crippen LogP contribution in [0.1, 0.15) is 6.92 Å². The molecule has 0 aliphatic rings. The lowest BCUT2D eigenvalue weighted by atomic mass is 10.8. The molecule has 0 atom stereocenters. The van der Waals surface area contributed by atoms with E-state index in [1.54, 1.807) is 0 Å². The molecule has 9 heavy (non-hydrogen) atoms. The molecule has 0 aliphatic carbocycles. The van der Waals surface area contributed by atoms with Crippen LogP contribution in [0.4, 0.5) is 0 Å². The Labute approximate surface area is 51.1 Å². The average molecular weight is 127 g/mol. The van der Waals surface area contributed by atoms with Crippen LogP contribution < -0.4 is 4.74 Å². The molecule has 1 heterocycles. The molecule has 0 bridgehead atoms. The Morgan fingerprint density at radius 3 is 3.11 bits per heavy atom. The number of hydrogen-bond donors (Lipinski definition) is 1. The first kappa shape index (κ1) is 5.74. The number of aromatic amines is 1. The van der Waals surface area contributed by atoms with E-state index in [-0.39, 0.29) is 6.01 Å². The number of carbonyl (C=O) groups excluding carboxylic acids is 1. The second-order valence-electron chi connectivity index (χ2n) is 1.38. The van der Waals surface area contributed by atoms with Crippen molar-refractivity contribution in [1.82, 2.24) is 15.2 Å². The van der Waals surface area contributed by atoms with Gasteiger partial charge >= 0.3 is 12.0 Å². The van der Waals surface area contributed by atoms with Crippen molar-refractivity contribution >= 4 is 5.97 Å². The predicted molar refractivity (Wildman–Crippen MR) is 27.7 cm³/mol. The van der Waals surface area contributed by atoms with Gasteiger partial charge < -0.3 is 4.74 Å². The van der Waals surface area contributed by atoms with Crippen LogP contribution in [0, 0.1) is 0 Å². The zero-order chi connectivity index (χ0) is 6.69. The summed E-state index contributed by atoms with van der Waals surface area (Å²) in [6.45, 7) is 1.29. The Hall–Kier alpha value is -1.39. The van der Waals surface area contributed by atoms with Gasteiger partial charge in [0.1, 0.15) is 6.33 Å². The molecule has 5 nitrogen and oxygen atoms in total. The summed E-state index contributed by atoms with van der Waals surface area (Å²) in [5, 5.41) is 5.83. The van der Waals surface area contributed by atoms with E-state index >= 15 is 0 Å². The van der Waals surface area contributed by atoms with E-state index in [2.05, 4.69) is 19.9 Å². The lowest BCUT2D eigenvalue weighted by Gasteiger charge is -1.89. The number of H-pyrrole nitrogens is 1. The van der Waals surface area contributed by atoms with Gasteiger partial charge in [-0.2, -0.15) is 10.1 Å². The fraction of sp³-hybridized carbons (Fsp3) is 0.250. The summed E-state index contributed by atoms with van der Waals surface area (Å²) in [5.41, 5.74) is 0.